The van der Waals surface area contributed by atoms with Gasteiger partial charge in [-0.3, -0.25) is 0 Å². The molecule has 0 radical (unpaired) electrons. The number of halogens is 3. The van der Waals surface area contributed by atoms with Crippen LogP contribution in [-0.4, -0.2) is 19.3 Å². The van der Waals surface area contributed by atoms with Gasteiger partial charge in [-0.2, -0.15) is 0 Å². The second kappa shape index (κ2) is 14.2. The van der Waals surface area contributed by atoms with Crippen LogP contribution in [0.5, 0.6) is 11.5 Å². The van der Waals surface area contributed by atoms with Crippen LogP contribution in [0.1, 0.15) is 68.9 Å². The van der Waals surface area contributed by atoms with E-state index in [-0.39, 0.29) is 29.9 Å². The van der Waals surface area contributed by atoms with Gasteiger partial charge in [-0.15, -0.1) is 6.58 Å². The van der Waals surface area contributed by atoms with Crippen LogP contribution in [0.25, 0.3) is 11.1 Å². The van der Waals surface area contributed by atoms with Crippen LogP contribution in [-0.2, 0) is 11.3 Å². The van der Waals surface area contributed by atoms with Crippen molar-refractivity contribution in [3.63, 3.8) is 0 Å². The molecular weight excluding hydrogens is 501 g/mol. The van der Waals surface area contributed by atoms with E-state index >= 15 is 8.78 Å². The molecule has 3 aromatic carbocycles. The first-order valence-electron chi connectivity index (χ1n) is 13.8. The Morgan fingerprint density at radius 3 is 2.33 bits per heavy atom. The van der Waals surface area contributed by atoms with Crippen LogP contribution >= 0.6 is 0 Å². The number of unbranched alkanes of at least 4 members (excludes halogenated alkanes) is 1. The Hall–Kier alpha value is -3.25. The van der Waals surface area contributed by atoms with E-state index in [1.54, 1.807) is 48.5 Å². The fourth-order valence-electron chi connectivity index (χ4n) is 4.93. The summed E-state index contributed by atoms with van der Waals surface area (Å²) >= 11 is 0. The summed E-state index contributed by atoms with van der Waals surface area (Å²) in [6.07, 6.45) is 8.12. The lowest BCUT2D eigenvalue weighted by molar-refractivity contribution is 0.0230. The lowest BCUT2D eigenvalue weighted by Crippen LogP contribution is -2.22. The van der Waals surface area contributed by atoms with Crippen molar-refractivity contribution in [1.29, 1.82) is 0 Å². The number of hydrogen-bond donors (Lipinski definition) is 0. The maximum absolute atomic E-state index is 15.1. The van der Waals surface area contributed by atoms with Gasteiger partial charge in [0.15, 0.2) is 23.2 Å². The second-order valence-corrected chi connectivity index (χ2v) is 10.0. The van der Waals surface area contributed by atoms with Crippen molar-refractivity contribution in [3.05, 3.63) is 95.8 Å². The molecule has 1 fully saturated rings. The normalized spacial score (nSPS) is 17.1. The minimum atomic E-state index is -0.824. The first-order chi connectivity index (χ1) is 19.0. The molecule has 0 saturated heterocycles. The quantitative estimate of drug-likeness (QED) is 0.160. The maximum Gasteiger partial charge on any atom is 0.168 e. The molecule has 3 aromatic rings. The first-order valence-corrected chi connectivity index (χ1v) is 13.8. The highest BCUT2D eigenvalue weighted by Crippen LogP contribution is 2.38. The third-order valence-corrected chi connectivity index (χ3v) is 7.23. The zero-order chi connectivity index (χ0) is 27.6. The van der Waals surface area contributed by atoms with E-state index in [4.69, 9.17) is 14.2 Å². The third kappa shape index (κ3) is 7.66. The van der Waals surface area contributed by atoms with Crippen LogP contribution in [0, 0.1) is 17.5 Å². The molecule has 4 rings (SSSR count). The van der Waals surface area contributed by atoms with E-state index in [9.17, 15) is 4.39 Å². The van der Waals surface area contributed by atoms with E-state index in [2.05, 4.69) is 13.5 Å². The minimum absolute atomic E-state index is 0.00673. The lowest BCUT2D eigenvalue weighted by atomic mass is 9.82. The summed E-state index contributed by atoms with van der Waals surface area (Å²) < 4.78 is 61.6. The number of ether oxygens (including phenoxy) is 3. The molecule has 1 aliphatic rings. The largest absolute Gasteiger partial charge is 0.493 e. The van der Waals surface area contributed by atoms with Gasteiger partial charge in [0.2, 0.25) is 0 Å². The molecule has 0 N–H and O–H groups in total. The lowest BCUT2D eigenvalue weighted by Gasteiger charge is -2.29. The van der Waals surface area contributed by atoms with Crippen LogP contribution in [0.4, 0.5) is 13.2 Å². The predicted molar refractivity (Wildman–Crippen MR) is 149 cm³/mol. The molecular formula is C33H37F3O3. The summed E-state index contributed by atoms with van der Waals surface area (Å²) in [4.78, 5) is 0. The number of hydrogen-bond acceptors (Lipinski definition) is 3. The van der Waals surface area contributed by atoms with Crippen molar-refractivity contribution >= 4 is 0 Å². The Morgan fingerprint density at radius 2 is 1.64 bits per heavy atom. The SMILES string of the molecule is C=CCCOc1ccc(OCc2ccc(-c3ccc(C4CCC(OCCCC)CC4)c(F)c3F)cc2)c(F)c1. The highest BCUT2D eigenvalue weighted by molar-refractivity contribution is 5.65. The van der Waals surface area contributed by atoms with Gasteiger partial charge in [0, 0.05) is 18.2 Å². The Kier molecular flexibility index (Phi) is 10.5. The average molecular weight is 539 g/mol. The van der Waals surface area contributed by atoms with Gasteiger partial charge in [0.25, 0.3) is 0 Å². The van der Waals surface area contributed by atoms with Crippen molar-refractivity contribution in [2.75, 3.05) is 13.2 Å². The Labute approximate surface area is 229 Å². The molecule has 0 bridgehead atoms. The molecule has 1 aliphatic carbocycles. The van der Waals surface area contributed by atoms with Gasteiger partial charge in [-0.05, 0) is 73.3 Å². The summed E-state index contributed by atoms with van der Waals surface area (Å²) in [5, 5.41) is 0. The van der Waals surface area contributed by atoms with E-state index in [0.29, 0.717) is 29.9 Å². The molecule has 0 aromatic heterocycles. The first kappa shape index (κ1) is 28.8. The number of benzene rings is 3. The molecule has 39 heavy (non-hydrogen) atoms. The monoisotopic (exact) mass is 538 g/mol. The van der Waals surface area contributed by atoms with E-state index in [1.807, 2.05) is 0 Å². The van der Waals surface area contributed by atoms with Crippen molar-refractivity contribution in [2.45, 2.75) is 70.5 Å². The van der Waals surface area contributed by atoms with Crippen molar-refractivity contribution in [3.8, 4) is 22.6 Å². The van der Waals surface area contributed by atoms with Gasteiger partial charge >= 0.3 is 0 Å². The Balaban J connectivity index is 1.35. The topological polar surface area (TPSA) is 27.7 Å². The number of rotatable bonds is 13. The van der Waals surface area contributed by atoms with Crippen molar-refractivity contribution in [1.82, 2.24) is 0 Å². The zero-order valence-corrected chi connectivity index (χ0v) is 22.6. The van der Waals surface area contributed by atoms with Crippen LogP contribution in [0.2, 0.25) is 0 Å². The van der Waals surface area contributed by atoms with Crippen LogP contribution in [0.3, 0.4) is 0 Å². The fourth-order valence-corrected chi connectivity index (χ4v) is 4.93. The average Bonchev–Trinajstić information content (AvgIpc) is 2.95. The van der Waals surface area contributed by atoms with Crippen molar-refractivity contribution in [2.24, 2.45) is 0 Å². The van der Waals surface area contributed by atoms with Gasteiger partial charge < -0.3 is 14.2 Å². The summed E-state index contributed by atoms with van der Waals surface area (Å²) in [5.74, 6) is -1.56. The van der Waals surface area contributed by atoms with Gasteiger partial charge in [-0.1, -0.05) is 55.8 Å². The summed E-state index contributed by atoms with van der Waals surface area (Å²) in [5.41, 5.74) is 2.02. The molecule has 6 heteroatoms. The van der Waals surface area contributed by atoms with E-state index < -0.39 is 17.5 Å². The van der Waals surface area contributed by atoms with Gasteiger partial charge in [-0.25, -0.2) is 13.2 Å². The van der Waals surface area contributed by atoms with Crippen molar-refractivity contribution < 1.29 is 27.4 Å². The minimum Gasteiger partial charge on any atom is -0.493 e. The molecule has 0 aliphatic heterocycles. The Bertz CT molecular complexity index is 1220. The predicted octanol–water partition coefficient (Wildman–Crippen LogP) is 9.15. The highest BCUT2D eigenvalue weighted by Gasteiger charge is 2.27. The molecule has 0 atom stereocenters. The maximum atomic E-state index is 15.1. The van der Waals surface area contributed by atoms with E-state index in [0.717, 1.165) is 50.7 Å². The fraction of sp³-hybridized carbons (Fsp3) is 0.394. The molecule has 0 amide bonds. The molecule has 0 heterocycles. The highest BCUT2D eigenvalue weighted by atomic mass is 19.2. The second-order valence-electron chi connectivity index (χ2n) is 10.0. The smallest absolute Gasteiger partial charge is 0.168 e. The third-order valence-electron chi connectivity index (χ3n) is 7.23. The van der Waals surface area contributed by atoms with Gasteiger partial charge in [0.1, 0.15) is 12.4 Å². The molecule has 208 valence electrons. The molecule has 0 unspecified atom stereocenters. The van der Waals surface area contributed by atoms with Crippen LogP contribution < -0.4 is 9.47 Å². The zero-order valence-electron chi connectivity index (χ0n) is 22.6. The molecule has 3 nitrogen and oxygen atoms in total. The summed E-state index contributed by atoms with van der Waals surface area (Å²) in [7, 11) is 0. The van der Waals surface area contributed by atoms with Crippen LogP contribution in [0.15, 0.2) is 67.3 Å². The summed E-state index contributed by atoms with van der Waals surface area (Å²) in [6, 6.07) is 14.8. The molecule has 0 spiro atoms. The molecule has 1 saturated carbocycles. The summed E-state index contributed by atoms with van der Waals surface area (Å²) in [6.45, 7) is 7.09. The Morgan fingerprint density at radius 1 is 0.872 bits per heavy atom. The van der Waals surface area contributed by atoms with E-state index in [1.165, 1.54) is 12.1 Å². The standard InChI is InChI=1S/C33H37F3O3/c1-3-5-19-37-26-13-11-25(12-14-26)29-17-16-28(32(35)33(29)36)24-9-7-23(8-10-24)22-39-31-18-15-27(21-30(31)34)38-20-6-4-2/h4,7-10,15-18,21,25-26H,2-3,5-6,11-14,19-20,22H2,1H3. The van der Waals surface area contributed by atoms with Gasteiger partial charge in [0.05, 0.1) is 12.7 Å².